The molecule has 0 saturated carbocycles. The molecule has 2 heterocycles. The molecular weight excluding hydrogens is 290 g/mol. The average molecular weight is 319 g/mol. The Kier molecular flexibility index (Phi) is 5.23. The Morgan fingerprint density at radius 3 is 2.65 bits per heavy atom. The van der Waals surface area contributed by atoms with Crippen LogP contribution in [0.1, 0.15) is 58.1 Å². The number of rotatable bonds is 0. The summed E-state index contributed by atoms with van der Waals surface area (Å²) in [5.41, 5.74) is 2.01. The molecule has 2 aliphatic heterocycles. The maximum atomic E-state index is 12.2. The monoisotopic (exact) mass is 319 g/mol. The van der Waals surface area contributed by atoms with Crippen LogP contribution in [-0.4, -0.2) is 35.8 Å². The largest absolute Gasteiger partial charge is 0.487 e. The number of piperidine rings is 1. The highest BCUT2D eigenvalue weighted by molar-refractivity contribution is 5.68. The number of likely N-dealkylation sites (tertiary alicyclic amines) is 1. The van der Waals surface area contributed by atoms with Gasteiger partial charge in [0.15, 0.2) is 0 Å². The Bertz CT molecular complexity index is 562. The van der Waals surface area contributed by atoms with E-state index in [0.717, 1.165) is 18.7 Å². The molecule has 1 saturated heterocycles. The predicted octanol–water partition coefficient (Wildman–Crippen LogP) is 4.51. The van der Waals surface area contributed by atoms with E-state index in [4.69, 9.17) is 9.47 Å². The fraction of sp³-hybridized carbons (Fsp3) is 0.632. The molecule has 1 aromatic carbocycles. The number of ether oxygens (including phenoxy) is 2. The molecule has 1 fully saturated rings. The summed E-state index contributed by atoms with van der Waals surface area (Å²) in [5, 5.41) is 0. The van der Waals surface area contributed by atoms with E-state index in [-0.39, 0.29) is 12.2 Å². The fourth-order valence-corrected chi connectivity index (χ4v) is 3.16. The normalized spacial score (nSPS) is 22.3. The molecule has 0 bridgehead atoms. The van der Waals surface area contributed by atoms with Gasteiger partial charge >= 0.3 is 6.09 Å². The number of fused-ring (bicyclic) bond motifs is 3. The molecule has 1 amide bonds. The number of hydrogen-bond acceptors (Lipinski definition) is 3. The summed E-state index contributed by atoms with van der Waals surface area (Å²) in [6, 6.07) is 6.30. The molecule has 0 aromatic heterocycles. The van der Waals surface area contributed by atoms with Crippen LogP contribution in [0.3, 0.4) is 0 Å². The second-order valence-corrected chi connectivity index (χ2v) is 6.97. The third kappa shape index (κ3) is 3.80. The van der Waals surface area contributed by atoms with Crippen LogP contribution in [0.4, 0.5) is 4.79 Å². The van der Waals surface area contributed by atoms with Crippen molar-refractivity contribution in [1.82, 2.24) is 4.90 Å². The van der Waals surface area contributed by atoms with Gasteiger partial charge in [-0.15, -0.1) is 0 Å². The van der Waals surface area contributed by atoms with E-state index in [1.807, 2.05) is 34.6 Å². The molecule has 1 aromatic rings. The Balaban J connectivity index is 0.000000924. The van der Waals surface area contributed by atoms with Gasteiger partial charge in [-0.2, -0.15) is 0 Å². The van der Waals surface area contributed by atoms with Gasteiger partial charge in [0, 0.05) is 18.0 Å². The van der Waals surface area contributed by atoms with Crippen molar-refractivity contribution in [3.63, 3.8) is 0 Å². The number of amides is 1. The van der Waals surface area contributed by atoms with Gasteiger partial charge in [-0.3, -0.25) is 0 Å². The van der Waals surface area contributed by atoms with Crippen molar-refractivity contribution >= 4 is 6.09 Å². The van der Waals surface area contributed by atoms with E-state index in [2.05, 4.69) is 25.1 Å². The van der Waals surface area contributed by atoms with Crippen molar-refractivity contribution in [2.24, 2.45) is 0 Å². The first-order valence-corrected chi connectivity index (χ1v) is 8.59. The topological polar surface area (TPSA) is 38.8 Å². The second-order valence-electron chi connectivity index (χ2n) is 6.97. The number of aryl methyl sites for hydroxylation is 1. The molecule has 2 unspecified atom stereocenters. The van der Waals surface area contributed by atoms with Crippen molar-refractivity contribution in [2.75, 3.05) is 13.1 Å². The molecule has 4 nitrogen and oxygen atoms in total. The Labute approximate surface area is 139 Å². The molecule has 2 aliphatic rings. The second kappa shape index (κ2) is 6.81. The van der Waals surface area contributed by atoms with Gasteiger partial charge in [0.2, 0.25) is 0 Å². The number of benzene rings is 1. The number of hydrogen-bond donors (Lipinski definition) is 0. The number of carbonyl (C=O) groups is 1. The summed E-state index contributed by atoms with van der Waals surface area (Å²) >= 11 is 0. The van der Waals surface area contributed by atoms with E-state index < -0.39 is 5.60 Å². The Hall–Kier alpha value is -1.71. The lowest BCUT2D eigenvalue weighted by Gasteiger charge is -2.35. The molecular formula is C19H29NO3. The standard InChI is InChI=1S/C17H23NO3.C2H6/c1-11-6-5-7-13-12-8-9-18(10-14(12)20-15(11)13)16(19)21-17(2,3)4;1-2/h5-7,12,14H,8-10H2,1-4H3;1-2H3. The first-order valence-electron chi connectivity index (χ1n) is 8.59. The smallest absolute Gasteiger partial charge is 0.410 e. The first-order chi connectivity index (χ1) is 10.8. The van der Waals surface area contributed by atoms with Gasteiger partial charge in [0.25, 0.3) is 0 Å². The molecule has 0 aliphatic carbocycles. The van der Waals surface area contributed by atoms with Crippen molar-refractivity contribution < 1.29 is 14.3 Å². The summed E-state index contributed by atoms with van der Waals surface area (Å²) < 4.78 is 11.6. The van der Waals surface area contributed by atoms with Crippen LogP contribution in [0.5, 0.6) is 5.75 Å². The maximum Gasteiger partial charge on any atom is 0.410 e. The van der Waals surface area contributed by atoms with E-state index in [1.165, 1.54) is 11.1 Å². The maximum absolute atomic E-state index is 12.2. The first kappa shape index (κ1) is 17.6. The minimum Gasteiger partial charge on any atom is -0.487 e. The molecule has 0 N–H and O–H groups in total. The van der Waals surface area contributed by atoms with Gasteiger partial charge in [-0.1, -0.05) is 32.0 Å². The minimum atomic E-state index is -0.454. The lowest BCUT2D eigenvalue weighted by molar-refractivity contribution is 0.00786. The molecule has 3 rings (SSSR count). The van der Waals surface area contributed by atoms with Crippen LogP contribution in [0.25, 0.3) is 0 Å². The van der Waals surface area contributed by atoms with Crippen LogP contribution in [0.15, 0.2) is 18.2 Å². The summed E-state index contributed by atoms with van der Waals surface area (Å²) in [6.07, 6.45) is 0.750. The van der Waals surface area contributed by atoms with Crippen molar-refractivity contribution in [1.29, 1.82) is 0 Å². The zero-order chi connectivity index (χ0) is 17.2. The lowest BCUT2D eigenvalue weighted by atomic mass is 9.88. The Morgan fingerprint density at radius 2 is 2.00 bits per heavy atom. The molecule has 128 valence electrons. The lowest BCUT2D eigenvalue weighted by Crippen LogP contribution is -2.47. The highest BCUT2D eigenvalue weighted by Gasteiger charge is 2.41. The van der Waals surface area contributed by atoms with Crippen LogP contribution in [0.2, 0.25) is 0 Å². The minimum absolute atomic E-state index is 0.0577. The summed E-state index contributed by atoms with van der Waals surface area (Å²) in [6.45, 7) is 13.1. The van der Waals surface area contributed by atoms with Crippen LogP contribution < -0.4 is 4.74 Å². The molecule has 4 heteroatoms. The molecule has 23 heavy (non-hydrogen) atoms. The Morgan fingerprint density at radius 1 is 1.30 bits per heavy atom. The van der Waals surface area contributed by atoms with Gasteiger partial charge in [0.05, 0.1) is 6.54 Å². The third-order valence-corrected chi connectivity index (χ3v) is 4.12. The van der Waals surface area contributed by atoms with Gasteiger partial charge in [-0.25, -0.2) is 4.79 Å². The molecule has 0 spiro atoms. The van der Waals surface area contributed by atoms with Crippen LogP contribution in [-0.2, 0) is 4.74 Å². The highest BCUT2D eigenvalue weighted by Crippen LogP contribution is 2.44. The predicted molar refractivity (Wildman–Crippen MR) is 92.1 cm³/mol. The van der Waals surface area contributed by atoms with E-state index in [9.17, 15) is 4.79 Å². The average Bonchev–Trinajstić information content (AvgIpc) is 2.87. The number of nitrogens with zero attached hydrogens (tertiary/aromatic N) is 1. The van der Waals surface area contributed by atoms with Crippen molar-refractivity contribution in [2.45, 2.75) is 65.6 Å². The summed E-state index contributed by atoms with van der Waals surface area (Å²) in [5.74, 6) is 1.41. The number of para-hydroxylation sites is 1. The van der Waals surface area contributed by atoms with E-state index >= 15 is 0 Å². The van der Waals surface area contributed by atoms with Gasteiger partial charge < -0.3 is 14.4 Å². The summed E-state index contributed by atoms with van der Waals surface area (Å²) in [7, 11) is 0. The van der Waals surface area contributed by atoms with Crippen molar-refractivity contribution in [3.8, 4) is 5.75 Å². The van der Waals surface area contributed by atoms with Gasteiger partial charge in [0.1, 0.15) is 17.5 Å². The van der Waals surface area contributed by atoms with Crippen LogP contribution >= 0.6 is 0 Å². The quantitative estimate of drug-likeness (QED) is 0.706. The van der Waals surface area contributed by atoms with Crippen molar-refractivity contribution in [3.05, 3.63) is 29.3 Å². The highest BCUT2D eigenvalue weighted by atomic mass is 16.6. The zero-order valence-corrected chi connectivity index (χ0v) is 15.2. The fourth-order valence-electron chi connectivity index (χ4n) is 3.16. The SMILES string of the molecule is CC.Cc1cccc2c1OC1CN(C(=O)OC(C)(C)C)CCC21. The zero-order valence-electron chi connectivity index (χ0n) is 15.2. The van der Waals surface area contributed by atoms with Gasteiger partial charge in [-0.05, 0) is 39.7 Å². The van der Waals surface area contributed by atoms with E-state index in [1.54, 1.807) is 4.90 Å². The molecule has 0 radical (unpaired) electrons. The van der Waals surface area contributed by atoms with Crippen LogP contribution in [0, 0.1) is 6.92 Å². The third-order valence-electron chi connectivity index (χ3n) is 4.12. The van der Waals surface area contributed by atoms with E-state index in [0.29, 0.717) is 12.5 Å². The summed E-state index contributed by atoms with van der Waals surface area (Å²) in [4.78, 5) is 14.0. The molecule has 2 atom stereocenters. The number of carbonyl (C=O) groups excluding carboxylic acids is 1.